The van der Waals surface area contributed by atoms with Crippen LogP contribution in [0.5, 0.6) is 0 Å². The third-order valence-electron chi connectivity index (χ3n) is 4.09. The van der Waals surface area contributed by atoms with E-state index in [9.17, 15) is 29.1 Å². The summed E-state index contributed by atoms with van der Waals surface area (Å²) in [6, 6.07) is -3.49. The SMILES string of the molecule is NC(CCC(=O)O)C(=O)NC(CO)C(=O)NCC(=O)N1CCCC1C(=O)O. The number of nitrogens with two attached hydrogens (primary N) is 1. The number of carbonyl (C=O) groups is 5. The van der Waals surface area contributed by atoms with E-state index in [1.165, 1.54) is 0 Å². The monoisotopic (exact) mass is 388 g/mol. The molecular formula is C15H24N4O8. The molecule has 3 atom stereocenters. The average Bonchev–Trinajstić information content (AvgIpc) is 3.11. The molecule has 0 radical (unpaired) electrons. The van der Waals surface area contributed by atoms with E-state index in [0.717, 1.165) is 4.90 Å². The highest BCUT2D eigenvalue weighted by molar-refractivity contribution is 5.92. The molecule has 0 aromatic rings. The summed E-state index contributed by atoms with van der Waals surface area (Å²) >= 11 is 0. The number of amides is 3. The van der Waals surface area contributed by atoms with E-state index in [4.69, 9.17) is 15.9 Å². The standard InChI is InChI=1S/C15H24N4O8/c16-8(3-4-12(22)23)13(24)18-9(7-20)14(25)17-6-11(21)19-5-1-2-10(19)15(26)27/h8-10,20H,1-7,16H2,(H,17,25)(H,18,24)(H,22,23)(H,26,27). The number of hydrogen-bond acceptors (Lipinski definition) is 7. The van der Waals surface area contributed by atoms with Crippen LogP contribution in [-0.4, -0.2) is 87.7 Å². The zero-order valence-corrected chi connectivity index (χ0v) is 14.6. The maximum absolute atomic E-state index is 12.1. The van der Waals surface area contributed by atoms with Gasteiger partial charge in [-0.25, -0.2) is 4.79 Å². The zero-order valence-electron chi connectivity index (χ0n) is 14.6. The van der Waals surface area contributed by atoms with Crippen LogP contribution in [0.15, 0.2) is 0 Å². The molecule has 1 fully saturated rings. The Morgan fingerprint density at radius 2 is 1.81 bits per heavy atom. The normalized spacial score (nSPS) is 18.4. The van der Waals surface area contributed by atoms with Gasteiger partial charge in [0, 0.05) is 13.0 Å². The summed E-state index contributed by atoms with van der Waals surface area (Å²) < 4.78 is 0. The lowest BCUT2D eigenvalue weighted by Crippen LogP contribution is -2.54. The molecule has 1 saturated heterocycles. The van der Waals surface area contributed by atoms with Crippen molar-refractivity contribution in [2.24, 2.45) is 5.73 Å². The average molecular weight is 388 g/mol. The molecule has 0 spiro atoms. The molecule has 7 N–H and O–H groups in total. The van der Waals surface area contributed by atoms with Crippen molar-refractivity contribution in [2.75, 3.05) is 19.7 Å². The molecule has 12 heteroatoms. The van der Waals surface area contributed by atoms with Crippen molar-refractivity contribution in [1.29, 1.82) is 0 Å². The van der Waals surface area contributed by atoms with Gasteiger partial charge in [0.15, 0.2) is 0 Å². The summed E-state index contributed by atoms with van der Waals surface area (Å²) in [7, 11) is 0. The van der Waals surface area contributed by atoms with Gasteiger partial charge in [0.05, 0.1) is 19.2 Å². The molecule has 1 heterocycles. The molecule has 3 amide bonds. The van der Waals surface area contributed by atoms with Crippen LogP contribution < -0.4 is 16.4 Å². The summed E-state index contributed by atoms with van der Waals surface area (Å²) in [6.45, 7) is -0.983. The van der Waals surface area contributed by atoms with Crippen LogP contribution >= 0.6 is 0 Å². The second-order valence-electron chi connectivity index (χ2n) is 6.08. The quantitative estimate of drug-likeness (QED) is 0.223. The molecule has 12 nitrogen and oxygen atoms in total. The number of likely N-dealkylation sites (tertiary alicyclic amines) is 1. The fraction of sp³-hybridized carbons (Fsp3) is 0.667. The molecule has 0 aromatic heterocycles. The number of aliphatic hydroxyl groups excluding tert-OH is 1. The highest BCUT2D eigenvalue weighted by atomic mass is 16.4. The second-order valence-corrected chi connectivity index (χ2v) is 6.08. The van der Waals surface area contributed by atoms with Crippen LogP contribution in [0.2, 0.25) is 0 Å². The summed E-state index contributed by atoms with van der Waals surface area (Å²) in [5.74, 6) is -4.51. The van der Waals surface area contributed by atoms with Gasteiger partial charge in [-0.1, -0.05) is 0 Å². The van der Waals surface area contributed by atoms with Crippen molar-refractivity contribution in [2.45, 2.75) is 43.8 Å². The minimum atomic E-state index is -1.38. The van der Waals surface area contributed by atoms with Crippen molar-refractivity contribution < 1.29 is 39.3 Å². The third kappa shape index (κ3) is 6.83. The molecule has 1 aliphatic heterocycles. The van der Waals surface area contributed by atoms with Gasteiger partial charge in [-0.3, -0.25) is 19.2 Å². The first-order chi connectivity index (χ1) is 12.7. The van der Waals surface area contributed by atoms with E-state index in [0.29, 0.717) is 12.8 Å². The maximum Gasteiger partial charge on any atom is 0.326 e. The fourth-order valence-corrected chi connectivity index (χ4v) is 2.59. The van der Waals surface area contributed by atoms with Crippen molar-refractivity contribution in [3.63, 3.8) is 0 Å². The lowest BCUT2D eigenvalue weighted by Gasteiger charge is -2.23. The number of nitrogens with one attached hydrogen (secondary N) is 2. The molecule has 3 unspecified atom stereocenters. The summed E-state index contributed by atoms with van der Waals surface area (Å²) in [5.41, 5.74) is 5.51. The van der Waals surface area contributed by atoms with E-state index in [2.05, 4.69) is 10.6 Å². The number of hydrogen-bond donors (Lipinski definition) is 6. The number of aliphatic hydroxyl groups is 1. The molecular weight excluding hydrogens is 364 g/mol. The van der Waals surface area contributed by atoms with E-state index in [-0.39, 0.29) is 19.4 Å². The predicted molar refractivity (Wildman–Crippen MR) is 89.2 cm³/mol. The third-order valence-corrected chi connectivity index (χ3v) is 4.09. The topological polar surface area (TPSA) is 199 Å². The lowest BCUT2D eigenvalue weighted by molar-refractivity contribution is -0.148. The largest absolute Gasteiger partial charge is 0.481 e. The van der Waals surface area contributed by atoms with Gasteiger partial charge in [0.25, 0.3) is 0 Å². The Kier molecular flexibility index (Phi) is 8.62. The van der Waals surface area contributed by atoms with Crippen molar-refractivity contribution in [3.8, 4) is 0 Å². The van der Waals surface area contributed by atoms with Crippen molar-refractivity contribution in [1.82, 2.24) is 15.5 Å². The van der Waals surface area contributed by atoms with Crippen LogP contribution in [-0.2, 0) is 24.0 Å². The number of rotatable bonds is 10. The van der Waals surface area contributed by atoms with Crippen LogP contribution in [0.25, 0.3) is 0 Å². The molecule has 0 aliphatic carbocycles. The van der Waals surface area contributed by atoms with Gasteiger partial charge in [-0.15, -0.1) is 0 Å². The fourth-order valence-electron chi connectivity index (χ4n) is 2.59. The van der Waals surface area contributed by atoms with E-state index in [1.807, 2.05) is 0 Å². The van der Waals surface area contributed by atoms with Crippen LogP contribution in [0, 0.1) is 0 Å². The number of aliphatic carboxylic acids is 2. The number of nitrogens with zero attached hydrogens (tertiary/aromatic N) is 1. The molecule has 152 valence electrons. The number of carboxylic acids is 2. The Hall–Kier alpha value is -2.73. The first-order valence-electron chi connectivity index (χ1n) is 8.36. The Morgan fingerprint density at radius 1 is 1.15 bits per heavy atom. The zero-order chi connectivity index (χ0) is 20.6. The van der Waals surface area contributed by atoms with Crippen molar-refractivity contribution in [3.05, 3.63) is 0 Å². The Morgan fingerprint density at radius 3 is 2.37 bits per heavy atom. The van der Waals surface area contributed by atoms with Gasteiger partial charge >= 0.3 is 11.9 Å². The Balaban J connectivity index is 2.51. The first kappa shape index (κ1) is 22.3. The van der Waals surface area contributed by atoms with E-state index >= 15 is 0 Å². The Labute approximate surface area is 154 Å². The summed E-state index contributed by atoms with van der Waals surface area (Å²) in [6.07, 6.45) is 0.392. The first-order valence-corrected chi connectivity index (χ1v) is 8.36. The van der Waals surface area contributed by atoms with E-state index in [1.54, 1.807) is 0 Å². The van der Waals surface area contributed by atoms with Gasteiger partial charge < -0.3 is 36.6 Å². The molecule has 0 bridgehead atoms. The molecule has 0 saturated carbocycles. The summed E-state index contributed by atoms with van der Waals surface area (Å²) in [4.78, 5) is 58.6. The minimum Gasteiger partial charge on any atom is -0.481 e. The maximum atomic E-state index is 12.1. The molecule has 1 rings (SSSR count). The van der Waals surface area contributed by atoms with Crippen LogP contribution in [0.4, 0.5) is 0 Å². The Bertz CT molecular complexity index is 596. The van der Waals surface area contributed by atoms with Gasteiger partial charge in [-0.2, -0.15) is 0 Å². The van der Waals surface area contributed by atoms with Crippen LogP contribution in [0.3, 0.4) is 0 Å². The minimum absolute atomic E-state index is 0.148. The smallest absolute Gasteiger partial charge is 0.326 e. The number of carboxylic acid groups (broad SMARTS) is 2. The predicted octanol–water partition coefficient (Wildman–Crippen LogP) is -3.15. The second kappa shape index (κ2) is 10.4. The van der Waals surface area contributed by atoms with E-state index < -0.39 is 60.9 Å². The highest BCUT2D eigenvalue weighted by Gasteiger charge is 2.34. The number of carbonyl (C=O) groups excluding carboxylic acids is 3. The van der Waals surface area contributed by atoms with Crippen molar-refractivity contribution >= 4 is 29.7 Å². The van der Waals surface area contributed by atoms with Gasteiger partial charge in [0.1, 0.15) is 12.1 Å². The van der Waals surface area contributed by atoms with Gasteiger partial charge in [0.2, 0.25) is 17.7 Å². The molecule has 1 aliphatic rings. The summed E-state index contributed by atoms with van der Waals surface area (Å²) in [5, 5.41) is 31.3. The molecule has 0 aromatic carbocycles. The highest BCUT2D eigenvalue weighted by Crippen LogP contribution is 2.17. The van der Waals surface area contributed by atoms with Gasteiger partial charge in [-0.05, 0) is 19.3 Å². The molecule has 27 heavy (non-hydrogen) atoms. The lowest BCUT2D eigenvalue weighted by atomic mass is 10.1. The van der Waals surface area contributed by atoms with Crippen LogP contribution in [0.1, 0.15) is 25.7 Å².